The van der Waals surface area contributed by atoms with Crippen molar-refractivity contribution in [1.29, 1.82) is 0 Å². The normalized spacial score (nSPS) is 11.4. The quantitative estimate of drug-likeness (QED) is 0.881. The molecule has 0 spiro atoms. The van der Waals surface area contributed by atoms with Crippen LogP contribution in [0.5, 0.6) is 11.6 Å². The summed E-state index contributed by atoms with van der Waals surface area (Å²) in [4.78, 5) is 4.29. The second-order valence-electron chi connectivity index (χ2n) is 6.23. The maximum atomic E-state index is 5.96. The Morgan fingerprint density at radius 3 is 2.40 bits per heavy atom. The van der Waals surface area contributed by atoms with Crippen LogP contribution in [0.15, 0.2) is 30.5 Å². The minimum Gasteiger partial charge on any atom is -0.439 e. The first kappa shape index (κ1) is 14.4. The van der Waals surface area contributed by atoms with Crippen molar-refractivity contribution >= 4 is 5.69 Å². The van der Waals surface area contributed by atoms with Crippen molar-refractivity contribution in [3.63, 3.8) is 0 Å². The number of anilines is 1. The molecule has 0 unspecified atom stereocenters. The third-order valence-electron chi connectivity index (χ3n) is 3.28. The van der Waals surface area contributed by atoms with Gasteiger partial charge in [0.15, 0.2) is 0 Å². The lowest BCUT2D eigenvalue weighted by Gasteiger charge is -2.23. The number of hydrogen-bond donors (Lipinski definition) is 1. The van der Waals surface area contributed by atoms with Crippen LogP contribution in [0.25, 0.3) is 0 Å². The Morgan fingerprint density at radius 2 is 1.80 bits per heavy atom. The molecule has 0 aliphatic rings. The highest BCUT2D eigenvalue weighted by Gasteiger charge is 2.19. The summed E-state index contributed by atoms with van der Waals surface area (Å²) in [6.07, 6.45) is 1.73. The highest BCUT2D eigenvalue weighted by atomic mass is 16.5. The molecule has 1 aromatic heterocycles. The average molecular weight is 270 g/mol. The molecule has 0 aliphatic heterocycles. The van der Waals surface area contributed by atoms with Crippen molar-refractivity contribution in [3.05, 3.63) is 47.2 Å². The number of aryl methyl sites for hydroxylation is 2. The molecule has 106 valence electrons. The van der Waals surface area contributed by atoms with Gasteiger partial charge in [0.05, 0.1) is 0 Å². The third kappa shape index (κ3) is 3.10. The van der Waals surface area contributed by atoms with E-state index in [9.17, 15) is 0 Å². The number of aromatic nitrogens is 1. The fourth-order valence-electron chi connectivity index (χ4n) is 2.02. The maximum absolute atomic E-state index is 5.96. The monoisotopic (exact) mass is 270 g/mol. The smallest absolute Gasteiger partial charge is 0.221 e. The van der Waals surface area contributed by atoms with E-state index in [1.807, 2.05) is 13.0 Å². The number of nitrogen functional groups attached to an aromatic ring is 1. The van der Waals surface area contributed by atoms with E-state index in [2.05, 4.69) is 44.8 Å². The summed E-state index contributed by atoms with van der Waals surface area (Å²) < 4.78 is 5.96. The average Bonchev–Trinajstić information content (AvgIpc) is 2.32. The molecule has 1 heterocycles. The van der Waals surface area contributed by atoms with Gasteiger partial charge in [-0.15, -0.1) is 0 Å². The molecule has 1 aromatic carbocycles. The first-order chi connectivity index (χ1) is 9.27. The molecular formula is C17H22N2O. The summed E-state index contributed by atoms with van der Waals surface area (Å²) in [6.45, 7) is 10.5. The number of hydrogen-bond acceptors (Lipinski definition) is 3. The molecule has 0 fully saturated rings. The zero-order chi connectivity index (χ0) is 14.9. The predicted octanol–water partition coefficient (Wildman–Crippen LogP) is 4.37. The van der Waals surface area contributed by atoms with Crippen LogP contribution in [-0.4, -0.2) is 4.98 Å². The number of pyridine rings is 1. The van der Waals surface area contributed by atoms with E-state index in [1.165, 1.54) is 0 Å². The Labute approximate surface area is 120 Å². The van der Waals surface area contributed by atoms with E-state index in [-0.39, 0.29) is 5.41 Å². The molecule has 2 rings (SSSR count). The van der Waals surface area contributed by atoms with Gasteiger partial charge in [0, 0.05) is 23.5 Å². The Hall–Kier alpha value is -2.03. The van der Waals surface area contributed by atoms with Crippen molar-refractivity contribution in [2.24, 2.45) is 0 Å². The van der Waals surface area contributed by atoms with E-state index in [1.54, 1.807) is 12.3 Å². The first-order valence-corrected chi connectivity index (χ1v) is 6.78. The van der Waals surface area contributed by atoms with E-state index >= 15 is 0 Å². The largest absolute Gasteiger partial charge is 0.439 e. The SMILES string of the molecule is Cc1ccc(C(C)(C)C)c(Oc2cc(N)c(C)cn2)c1. The highest BCUT2D eigenvalue weighted by molar-refractivity contribution is 5.49. The summed E-state index contributed by atoms with van der Waals surface area (Å²) >= 11 is 0. The number of rotatable bonds is 2. The second kappa shape index (κ2) is 5.16. The minimum atomic E-state index is 0.0132. The summed E-state index contributed by atoms with van der Waals surface area (Å²) in [6, 6.07) is 8.02. The van der Waals surface area contributed by atoms with Gasteiger partial charge in [-0.25, -0.2) is 4.98 Å². The molecule has 20 heavy (non-hydrogen) atoms. The Bertz CT molecular complexity index is 627. The molecule has 3 nitrogen and oxygen atoms in total. The predicted molar refractivity (Wildman–Crippen MR) is 83.3 cm³/mol. The lowest BCUT2D eigenvalue weighted by Crippen LogP contribution is -2.12. The van der Waals surface area contributed by atoms with E-state index in [0.29, 0.717) is 11.6 Å². The van der Waals surface area contributed by atoms with E-state index < -0.39 is 0 Å². The van der Waals surface area contributed by atoms with Gasteiger partial charge >= 0.3 is 0 Å². The van der Waals surface area contributed by atoms with Crippen LogP contribution >= 0.6 is 0 Å². The van der Waals surface area contributed by atoms with Crippen molar-refractivity contribution in [2.75, 3.05) is 5.73 Å². The molecule has 0 atom stereocenters. The van der Waals surface area contributed by atoms with Crippen LogP contribution in [0.1, 0.15) is 37.5 Å². The molecular weight excluding hydrogens is 248 g/mol. The van der Waals surface area contributed by atoms with Gasteiger partial charge in [-0.1, -0.05) is 32.9 Å². The van der Waals surface area contributed by atoms with Gasteiger partial charge in [-0.3, -0.25) is 0 Å². The lowest BCUT2D eigenvalue weighted by molar-refractivity contribution is 0.439. The molecule has 2 aromatic rings. The van der Waals surface area contributed by atoms with Crippen LogP contribution in [0.4, 0.5) is 5.69 Å². The molecule has 0 aliphatic carbocycles. The van der Waals surface area contributed by atoms with E-state index in [0.717, 1.165) is 22.4 Å². The fourth-order valence-corrected chi connectivity index (χ4v) is 2.02. The standard InChI is InChI=1S/C17H22N2O/c1-11-6-7-13(17(3,4)5)15(8-11)20-16-9-14(18)12(2)10-19-16/h6-10H,1-5H3,(H2,18,19). The van der Waals surface area contributed by atoms with Gasteiger partial charge in [-0.05, 0) is 36.5 Å². The van der Waals surface area contributed by atoms with Crippen molar-refractivity contribution < 1.29 is 4.74 Å². The topological polar surface area (TPSA) is 48.1 Å². The van der Waals surface area contributed by atoms with Crippen molar-refractivity contribution in [2.45, 2.75) is 40.0 Å². The summed E-state index contributed by atoms with van der Waals surface area (Å²) in [5, 5.41) is 0. The van der Waals surface area contributed by atoms with Crippen molar-refractivity contribution in [1.82, 2.24) is 4.98 Å². The molecule has 0 saturated carbocycles. The van der Waals surface area contributed by atoms with Crippen LogP contribution < -0.4 is 10.5 Å². The van der Waals surface area contributed by atoms with Gasteiger partial charge in [0.1, 0.15) is 5.75 Å². The molecule has 0 bridgehead atoms. The number of nitrogens with zero attached hydrogens (tertiary/aromatic N) is 1. The van der Waals surface area contributed by atoms with E-state index in [4.69, 9.17) is 10.5 Å². The van der Waals surface area contributed by atoms with Gasteiger partial charge in [-0.2, -0.15) is 0 Å². The molecule has 0 saturated heterocycles. The minimum absolute atomic E-state index is 0.0132. The van der Waals surface area contributed by atoms with Gasteiger partial charge < -0.3 is 10.5 Å². The number of ether oxygens (including phenoxy) is 1. The van der Waals surface area contributed by atoms with Crippen molar-refractivity contribution in [3.8, 4) is 11.6 Å². The Balaban J connectivity index is 2.42. The summed E-state index contributed by atoms with van der Waals surface area (Å²) in [7, 11) is 0. The molecule has 3 heteroatoms. The maximum Gasteiger partial charge on any atom is 0.221 e. The summed E-state index contributed by atoms with van der Waals surface area (Å²) in [5.74, 6) is 1.37. The number of benzene rings is 1. The zero-order valence-electron chi connectivity index (χ0n) is 12.8. The second-order valence-corrected chi connectivity index (χ2v) is 6.23. The lowest BCUT2D eigenvalue weighted by atomic mass is 9.86. The third-order valence-corrected chi connectivity index (χ3v) is 3.28. The van der Waals surface area contributed by atoms with Gasteiger partial charge in [0.25, 0.3) is 0 Å². The Kier molecular flexibility index (Phi) is 3.71. The zero-order valence-corrected chi connectivity index (χ0v) is 12.8. The summed E-state index contributed by atoms with van der Waals surface area (Å²) in [5.41, 5.74) is 9.89. The molecule has 0 radical (unpaired) electrons. The van der Waals surface area contributed by atoms with Crippen LogP contribution in [0, 0.1) is 13.8 Å². The molecule has 0 amide bonds. The van der Waals surface area contributed by atoms with Gasteiger partial charge in [0.2, 0.25) is 5.88 Å². The van der Waals surface area contributed by atoms with Crippen LogP contribution in [0.3, 0.4) is 0 Å². The molecule has 2 N–H and O–H groups in total. The fraction of sp³-hybridized carbons (Fsp3) is 0.353. The Morgan fingerprint density at radius 1 is 1.10 bits per heavy atom. The first-order valence-electron chi connectivity index (χ1n) is 6.78. The van der Waals surface area contributed by atoms with Crippen LogP contribution in [-0.2, 0) is 5.41 Å². The number of nitrogens with two attached hydrogens (primary N) is 1. The van der Waals surface area contributed by atoms with Crippen LogP contribution in [0.2, 0.25) is 0 Å². The highest BCUT2D eigenvalue weighted by Crippen LogP contribution is 2.34.